The summed E-state index contributed by atoms with van der Waals surface area (Å²) < 4.78 is 36.0. The van der Waals surface area contributed by atoms with Crippen LogP contribution < -0.4 is 18.9 Å². The quantitative estimate of drug-likeness (QED) is 0.130. The summed E-state index contributed by atoms with van der Waals surface area (Å²) in [6.45, 7) is 13.5. The van der Waals surface area contributed by atoms with Crippen LogP contribution in [0.2, 0.25) is 13.1 Å². The molecule has 0 saturated carbocycles. The highest BCUT2D eigenvalue weighted by atomic mass is 28.3. The van der Waals surface area contributed by atoms with Crippen molar-refractivity contribution in [2.45, 2.75) is 51.9 Å². The molecule has 7 heteroatoms. The van der Waals surface area contributed by atoms with Crippen LogP contribution in [0.1, 0.15) is 67.5 Å². The van der Waals surface area contributed by atoms with E-state index in [4.69, 9.17) is 27.8 Å². The summed E-state index contributed by atoms with van der Waals surface area (Å²) in [5.74, 6) is 6.64. The Labute approximate surface area is 325 Å². The Morgan fingerprint density at radius 2 is 0.836 bits per heavy atom. The summed E-state index contributed by atoms with van der Waals surface area (Å²) in [6.07, 6.45) is 4.78. The predicted octanol–water partition coefficient (Wildman–Crippen LogP) is 12.2. The van der Waals surface area contributed by atoms with Crippen molar-refractivity contribution < 1.29 is 27.8 Å². The van der Waals surface area contributed by atoms with Crippen molar-refractivity contribution in [3.8, 4) is 45.3 Å². The molecule has 2 unspecified atom stereocenters. The second-order valence-corrected chi connectivity index (χ2v) is 20.2. The summed E-state index contributed by atoms with van der Waals surface area (Å²) in [6, 6.07) is 29.9. The van der Waals surface area contributed by atoms with Gasteiger partial charge in [-0.1, -0.05) is 37.4 Å². The molecule has 2 aliphatic rings. The lowest BCUT2D eigenvalue weighted by atomic mass is 9.92. The fourth-order valence-electron chi connectivity index (χ4n) is 9.16. The summed E-state index contributed by atoms with van der Waals surface area (Å²) in [7, 11) is 4.28. The van der Waals surface area contributed by atoms with Crippen molar-refractivity contribution in [3.63, 3.8) is 0 Å². The molecule has 6 aromatic rings. The summed E-state index contributed by atoms with van der Waals surface area (Å²) in [4.78, 5) is 0. The molecule has 0 fully saturated rings. The normalized spacial score (nSPS) is 16.0. The van der Waals surface area contributed by atoms with Crippen LogP contribution in [0.5, 0.6) is 23.0 Å². The van der Waals surface area contributed by atoms with Gasteiger partial charge in [-0.15, -0.1) is 0 Å². The van der Waals surface area contributed by atoms with Gasteiger partial charge in [-0.25, -0.2) is 0 Å². The Bertz CT molecular complexity index is 2310. The smallest absolute Gasteiger partial charge is 0.130 e. The van der Waals surface area contributed by atoms with Gasteiger partial charge in [0, 0.05) is 34.4 Å². The van der Waals surface area contributed by atoms with E-state index in [-0.39, 0.29) is 11.1 Å². The van der Waals surface area contributed by atoms with Gasteiger partial charge in [0.15, 0.2) is 0 Å². The highest BCUT2D eigenvalue weighted by Crippen LogP contribution is 2.59. The molecule has 2 atom stereocenters. The Kier molecular flexibility index (Phi) is 9.17. The maximum Gasteiger partial charge on any atom is 0.130 e. The number of allylic oxidation sites excluding steroid dienone is 2. The number of rotatable bonds is 10. The molecule has 0 bridgehead atoms. The van der Waals surface area contributed by atoms with E-state index in [0.717, 1.165) is 57.2 Å². The van der Waals surface area contributed by atoms with Crippen molar-refractivity contribution in [2.24, 2.45) is 0 Å². The summed E-state index contributed by atoms with van der Waals surface area (Å²) in [5, 5.41) is 0. The van der Waals surface area contributed by atoms with Gasteiger partial charge in [-0.3, -0.25) is 0 Å². The van der Waals surface area contributed by atoms with Crippen LogP contribution in [-0.2, 0) is 0 Å². The van der Waals surface area contributed by atoms with Crippen LogP contribution in [0, 0.1) is 27.7 Å². The average molecular weight is 749 g/mol. The van der Waals surface area contributed by atoms with E-state index in [2.05, 4.69) is 112 Å². The van der Waals surface area contributed by atoms with E-state index in [1.807, 2.05) is 26.0 Å². The SMILES string of the molecule is COc1cc(OC)cc(-c2c(C)ccc3c2C=C(c2ccc(C)o2)C3[Si](C)(C)C2C(c3ccc(C)o3)=Cc3c2ccc(C)c3-c2cc(OC)cc(OC)c2)c1. The van der Waals surface area contributed by atoms with E-state index >= 15 is 0 Å². The predicted molar refractivity (Wildman–Crippen MR) is 225 cm³/mol. The molecule has 4 aromatic carbocycles. The number of fused-ring (bicyclic) bond motifs is 2. The second kappa shape index (κ2) is 13.9. The van der Waals surface area contributed by atoms with Crippen LogP contribution in [0.25, 0.3) is 45.6 Å². The molecule has 0 N–H and O–H groups in total. The van der Waals surface area contributed by atoms with E-state index in [0.29, 0.717) is 0 Å². The van der Waals surface area contributed by atoms with Gasteiger partial charge in [0.2, 0.25) is 0 Å². The number of benzene rings is 4. The van der Waals surface area contributed by atoms with Gasteiger partial charge >= 0.3 is 0 Å². The van der Waals surface area contributed by atoms with Crippen LogP contribution in [0.4, 0.5) is 0 Å². The van der Waals surface area contributed by atoms with Crippen LogP contribution in [-0.4, -0.2) is 36.5 Å². The fourth-order valence-corrected chi connectivity index (χ4v) is 13.7. The van der Waals surface area contributed by atoms with Gasteiger partial charge in [0.1, 0.15) is 46.0 Å². The number of hydrogen-bond acceptors (Lipinski definition) is 6. The zero-order valence-corrected chi connectivity index (χ0v) is 34.3. The maximum absolute atomic E-state index is 6.51. The molecule has 0 spiro atoms. The first-order chi connectivity index (χ1) is 26.4. The van der Waals surface area contributed by atoms with E-state index < -0.39 is 8.07 Å². The van der Waals surface area contributed by atoms with Gasteiger partial charge in [-0.05, 0) is 144 Å². The van der Waals surface area contributed by atoms with E-state index in [1.165, 1.54) is 55.7 Å². The Hall–Kier alpha value is -5.66. The molecular formula is C48H48O6Si. The zero-order chi connectivity index (χ0) is 38.8. The first kappa shape index (κ1) is 36.3. The van der Waals surface area contributed by atoms with Crippen molar-refractivity contribution in [1.29, 1.82) is 0 Å². The minimum Gasteiger partial charge on any atom is -0.497 e. The average Bonchev–Trinajstić information content (AvgIpc) is 3.99. The number of furan rings is 2. The van der Waals surface area contributed by atoms with Crippen molar-refractivity contribution in [1.82, 2.24) is 0 Å². The third-order valence-corrected chi connectivity index (χ3v) is 15.9. The molecule has 2 heterocycles. The molecule has 0 saturated heterocycles. The maximum atomic E-state index is 6.51. The first-order valence-electron chi connectivity index (χ1n) is 18.8. The van der Waals surface area contributed by atoms with Gasteiger partial charge in [0.05, 0.1) is 36.5 Å². The lowest BCUT2D eigenvalue weighted by Gasteiger charge is -2.39. The van der Waals surface area contributed by atoms with Gasteiger partial charge < -0.3 is 27.8 Å². The number of hydrogen-bond donors (Lipinski definition) is 0. The standard InChI is InChI=1S/C48H48O6Si/c1-27-11-15-37-39(45(27)31-19-33(49-5)23-34(20-31)50-6)25-41(43-17-13-29(3)53-43)47(37)55(9,10)48-38-16-12-28(2)46(32-21-35(51-7)24-36(22-32)52-8)40(38)26-42(48)44-18-14-30(4)54-44/h11-26,47-48H,1-10H3. The highest BCUT2D eigenvalue weighted by molar-refractivity contribution is 6.84. The molecule has 0 amide bonds. The number of methoxy groups -OCH3 is 4. The fraction of sp³-hybridized carbons (Fsp3) is 0.250. The topological polar surface area (TPSA) is 63.2 Å². The Balaban J connectivity index is 1.37. The third kappa shape index (κ3) is 6.11. The number of ether oxygens (including phenoxy) is 4. The van der Waals surface area contributed by atoms with Crippen LogP contribution in [0.15, 0.2) is 93.8 Å². The molecule has 280 valence electrons. The zero-order valence-electron chi connectivity index (χ0n) is 33.3. The lowest BCUT2D eigenvalue weighted by Crippen LogP contribution is -2.42. The largest absolute Gasteiger partial charge is 0.497 e. The molecule has 55 heavy (non-hydrogen) atoms. The lowest BCUT2D eigenvalue weighted by molar-refractivity contribution is 0.394. The van der Waals surface area contributed by atoms with Gasteiger partial charge in [0.25, 0.3) is 0 Å². The van der Waals surface area contributed by atoms with Crippen molar-refractivity contribution in [2.75, 3.05) is 28.4 Å². The first-order valence-corrected chi connectivity index (χ1v) is 21.9. The van der Waals surface area contributed by atoms with E-state index in [1.54, 1.807) is 28.4 Å². The minimum absolute atomic E-state index is 0.0944. The second-order valence-electron chi connectivity index (χ2n) is 15.4. The molecule has 6 nitrogen and oxygen atoms in total. The minimum atomic E-state index is -2.52. The Morgan fingerprint density at radius 3 is 1.15 bits per heavy atom. The number of aryl methyl sites for hydroxylation is 4. The monoisotopic (exact) mass is 748 g/mol. The summed E-state index contributed by atoms with van der Waals surface area (Å²) >= 11 is 0. The summed E-state index contributed by atoms with van der Waals surface area (Å²) in [5.41, 5.74) is 14.5. The molecule has 0 aliphatic heterocycles. The molecule has 2 aromatic heterocycles. The Morgan fingerprint density at radius 1 is 0.473 bits per heavy atom. The molecule has 8 rings (SSSR count). The van der Waals surface area contributed by atoms with Crippen LogP contribution >= 0.6 is 0 Å². The highest BCUT2D eigenvalue weighted by Gasteiger charge is 2.51. The van der Waals surface area contributed by atoms with Crippen molar-refractivity contribution in [3.05, 3.63) is 141 Å². The van der Waals surface area contributed by atoms with Crippen LogP contribution in [0.3, 0.4) is 0 Å². The molecule has 0 radical (unpaired) electrons. The van der Waals surface area contributed by atoms with Gasteiger partial charge in [-0.2, -0.15) is 0 Å². The van der Waals surface area contributed by atoms with E-state index in [9.17, 15) is 0 Å². The third-order valence-electron chi connectivity index (χ3n) is 11.6. The molecular weight excluding hydrogens is 701 g/mol. The van der Waals surface area contributed by atoms with Crippen molar-refractivity contribution >= 4 is 31.4 Å². The molecule has 2 aliphatic carbocycles.